The molecule has 2 N–H and O–H groups in total. The number of nitrogens with one attached hydrogen (secondary N) is 2. The van der Waals surface area contributed by atoms with Gasteiger partial charge in [-0.2, -0.15) is 0 Å². The van der Waals surface area contributed by atoms with E-state index in [-0.39, 0.29) is 24.3 Å². The van der Waals surface area contributed by atoms with Crippen LogP contribution in [0, 0.1) is 0 Å². The first-order chi connectivity index (χ1) is 16.1. The molecule has 0 saturated heterocycles. The van der Waals surface area contributed by atoms with Crippen molar-refractivity contribution in [3.05, 3.63) is 90.0 Å². The van der Waals surface area contributed by atoms with Crippen molar-refractivity contribution in [2.75, 3.05) is 22.1 Å². The van der Waals surface area contributed by atoms with Crippen molar-refractivity contribution in [2.24, 2.45) is 5.16 Å². The van der Waals surface area contributed by atoms with Crippen molar-refractivity contribution in [1.82, 2.24) is 0 Å². The topological polar surface area (TPSA) is 100 Å². The third-order valence-electron chi connectivity index (χ3n) is 5.48. The number of rotatable bonds is 4. The summed E-state index contributed by atoms with van der Waals surface area (Å²) in [6, 6.07) is 23.2. The minimum absolute atomic E-state index is 0.0584. The van der Waals surface area contributed by atoms with Crippen LogP contribution in [0.4, 0.5) is 17.1 Å². The van der Waals surface area contributed by atoms with Gasteiger partial charge in [0.15, 0.2) is 0 Å². The molecule has 2 aliphatic rings. The molecule has 5 rings (SSSR count). The number of oxime groups is 1. The first-order valence-corrected chi connectivity index (χ1v) is 10.5. The Kier molecular flexibility index (Phi) is 5.32. The summed E-state index contributed by atoms with van der Waals surface area (Å²) in [4.78, 5) is 44.4. The van der Waals surface area contributed by atoms with Crippen LogP contribution in [0.25, 0.3) is 0 Å². The molecule has 1 atom stereocenters. The minimum Gasteiger partial charge on any atom is -0.382 e. The van der Waals surface area contributed by atoms with Crippen LogP contribution >= 0.6 is 0 Å². The molecule has 8 nitrogen and oxygen atoms in total. The van der Waals surface area contributed by atoms with Crippen molar-refractivity contribution in [2.45, 2.75) is 12.5 Å². The summed E-state index contributed by atoms with van der Waals surface area (Å²) in [5, 5.41) is 9.60. The van der Waals surface area contributed by atoms with E-state index in [1.54, 1.807) is 42.5 Å². The Morgan fingerprint density at radius 1 is 0.970 bits per heavy atom. The van der Waals surface area contributed by atoms with Gasteiger partial charge in [-0.3, -0.25) is 19.3 Å². The molecule has 3 amide bonds. The summed E-state index contributed by atoms with van der Waals surface area (Å²) < 4.78 is 0. The number of carbonyl (C=O) groups is 3. The Morgan fingerprint density at radius 2 is 1.70 bits per heavy atom. The van der Waals surface area contributed by atoms with Crippen molar-refractivity contribution >= 4 is 40.5 Å². The standard InChI is InChI=1S/C25H20N4O4/c30-23-15-29(21-9-5-4-8-19(21)27-23)25(32)17-10-12-18(13-11-17)26-24(31)22-14-20(28-33-22)16-6-2-1-3-7-16/h1-13,22H,14-15H2,(H,26,31)(H,27,30). The molecule has 164 valence electrons. The predicted molar refractivity (Wildman–Crippen MR) is 124 cm³/mol. The summed E-state index contributed by atoms with van der Waals surface area (Å²) >= 11 is 0. The molecule has 0 spiro atoms. The highest BCUT2D eigenvalue weighted by Gasteiger charge is 2.30. The molecule has 0 saturated carbocycles. The van der Waals surface area contributed by atoms with E-state index in [4.69, 9.17) is 4.84 Å². The molecule has 0 aromatic heterocycles. The quantitative estimate of drug-likeness (QED) is 0.649. The number of benzene rings is 3. The van der Waals surface area contributed by atoms with Crippen molar-refractivity contribution in [3.63, 3.8) is 0 Å². The highest BCUT2D eigenvalue weighted by molar-refractivity contribution is 6.15. The van der Waals surface area contributed by atoms with Gasteiger partial charge in [-0.05, 0) is 42.0 Å². The Bertz CT molecular complexity index is 1250. The number of hydrogen-bond acceptors (Lipinski definition) is 5. The molecule has 1 unspecified atom stereocenters. The van der Waals surface area contributed by atoms with Crippen LogP contribution < -0.4 is 15.5 Å². The van der Waals surface area contributed by atoms with E-state index in [0.717, 1.165) is 11.3 Å². The molecule has 8 heteroatoms. The van der Waals surface area contributed by atoms with Crippen molar-refractivity contribution in [1.29, 1.82) is 0 Å². The van der Waals surface area contributed by atoms with Gasteiger partial charge in [0.05, 0.1) is 17.1 Å². The van der Waals surface area contributed by atoms with Crippen LogP contribution in [-0.4, -0.2) is 36.1 Å². The first-order valence-electron chi connectivity index (χ1n) is 10.5. The molecular weight excluding hydrogens is 420 g/mol. The fraction of sp³-hybridized carbons (Fsp3) is 0.120. The summed E-state index contributed by atoms with van der Waals surface area (Å²) in [5.74, 6) is -0.861. The number of hydrogen-bond donors (Lipinski definition) is 2. The molecule has 2 heterocycles. The van der Waals surface area contributed by atoms with E-state index >= 15 is 0 Å². The number of fused-ring (bicyclic) bond motifs is 1. The number of amides is 3. The third kappa shape index (κ3) is 4.18. The molecule has 0 fully saturated rings. The van der Waals surface area contributed by atoms with Gasteiger partial charge in [0.25, 0.3) is 11.8 Å². The Balaban J connectivity index is 1.24. The molecule has 0 aliphatic carbocycles. The molecule has 3 aromatic carbocycles. The van der Waals surface area contributed by atoms with Gasteiger partial charge < -0.3 is 15.5 Å². The fourth-order valence-electron chi connectivity index (χ4n) is 3.81. The minimum atomic E-state index is -0.718. The molecule has 2 aliphatic heterocycles. The van der Waals surface area contributed by atoms with Gasteiger partial charge in [-0.15, -0.1) is 0 Å². The molecule has 0 bridgehead atoms. The van der Waals surface area contributed by atoms with E-state index < -0.39 is 6.10 Å². The van der Waals surface area contributed by atoms with E-state index in [0.29, 0.717) is 29.0 Å². The second-order valence-corrected chi connectivity index (χ2v) is 7.73. The van der Waals surface area contributed by atoms with Gasteiger partial charge in [0, 0.05) is 17.7 Å². The molecule has 0 radical (unpaired) electrons. The number of para-hydroxylation sites is 2. The Labute approximate surface area is 189 Å². The largest absolute Gasteiger partial charge is 0.382 e. The van der Waals surface area contributed by atoms with E-state index in [1.807, 2.05) is 36.4 Å². The normalized spacial score (nSPS) is 16.8. The van der Waals surface area contributed by atoms with Crippen molar-refractivity contribution in [3.8, 4) is 0 Å². The van der Waals surface area contributed by atoms with E-state index in [2.05, 4.69) is 15.8 Å². The van der Waals surface area contributed by atoms with Crippen LogP contribution in [0.15, 0.2) is 84.0 Å². The number of nitrogens with zero attached hydrogens (tertiary/aromatic N) is 2. The molecular formula is C25H20N4O4. The summed E-state index contributed by atoms with van der Waals surface area (Å²) in [7, 11) is 0. The zero-order chi connectivity index (χ0) is 22.8. The SMILES string of the molecule is O=C1CN(C(=O)c2ccc(NC(=O)C3CC(c4ccccc4)=NO3)cc2)c2ccccc2N1. The van der Waals surface area contributed by atoms with Crippen LogP contribution in [0.5, 0.6) is 0 Å². The average molecular weight is 440 g/mol. The van der Waals surface area contributed by atoms with Crippen LogP contribution in [-0.2, 0) is 14.4 Å². The van der Waals surface area contributed by atoms with Crippen molar-refractivity contribution < 1.29 is 19.2 Å². The fourth-order valence-corrected chi connectivity index (χ4v) is 3.81. The lowest BCUT2D eigenvalue weighted by molar-refractivity contribution is -0.125. The van der Waals surface area contributed by atoms with E-state index in [1.165, 1.54) is 4.90 Å². The van der Waals surface area contributed by atoms with Crippen LogP contribution in [0.2, 0.25) is 0 Å². The van der Waals surface area contributed by atoms with Crippen LogP contribution in [0.1, 0.15) is 22.3 Å². The zero-order valence-electron chi connectivity index (χ0n) is 17.5. The van der Waals surface area contributed by atoms with Crippen LogP contribution in [0.3, 0.4) is 0 Å². The lowest BCUT2D eigenvalue weighted by atomic mass is 10.0. The highest BCUT2D eigenvalue weighted by Crippen LogP contribution is 2.30. The monoisotopic (exact) mass is 440 g/mol. The number of anilines is 3. The predicted octanol–water partition coefficient (Wildman–Crippen LogP) is 3.42. The summed E-state index contributed by atoms with van der Waals surface area (Å²) in [6.45, 7) is -0.0584. The maximum Gasteiger partial charge on any atom is 0.268 e. The lowest BCUT2D eigenvalue weighted by Crippen LogP contribution is -2.42. The highest BCUT2D eigenvalue weighted by atomic mass is 16.6. The Morgan fingerprint density at radius 3 is 2.48 bits per heavy atom. The van der Waals surface area contributed by atoms with Gasteiger partial charge in [-0.1, -0.05) is 47.6 Å². The maximum atomic E-state index is 13.0. The summed E-state index contributed by atoms with van der Waals surface area (Å²) in [6.07, 6.45) is -0.340. The maximum absolute atomic E-state index is 13.0. The summed E-state index contributed by atoms with van der Waals surface area (Å²) in [5.41, 5.74) is 3.83. The third-order valence-corrected chi connectivity index (χ3v) is 5.48. The molecule has 3 aromatic rings. The Hall–Kier alpha value is -4.46. The molecule has 33 heavy (non-hydrogen) atoms. The van der Waals surface area contributed by atoms with Gasteiger partial charge in [0.2, 0.25) is 12.0 Å². The lowest BCUT2D eigenvalue weighted by Gasteiger charge is -2.29. The zero-order valence-corrected chi connectivity index (χ0v) is 17.5. The van der Waals surface area contributed by atoms with E-state index in [9.17, 15) is 14.4 Å². The number of carbonyl (C=O) groups excluding carboxylic acids is 3. The average Bonchev–Trinajstić information content (AvgIpc) is 3.35. The van der Waals surface area contributed by atoms with Gasteiger partial charge in [0.1, 0.15) is 6.54 Å². The first kappa shape index (κ1) is 20.4. The van der Waals surface area contributed by atoms with Gasteiger partial charge in [-0.25, -0.2) is 0 Å². The smallest absolute Gasteiger partial charge is 0.268 e. The second kappa shape index (κ2) is 8.58. The second-order valence-electron chi connectivity index (χ2n) is 7.73. The van der Waals surface area contributed by atoms with Gasteiger partial charge >= 0.3 is 0 Å².